The lowest BCUT2D eigenvalue weighted by Crippen LogP contribution is -2.30. The van der Waals surface area contributed by atoms with Crippen LogP contribution < -0.4 is 4.90 Å². The fraction of sp³-hybridized carbons (Fsp3) is 0.0222. The number of amides is 2. The van der Waals surface area contributed by atoms with E-state index >= 15 is 0 Å². The Kier molecular flexibility index (Phi) is 6.63. The zero-order chi connectivity index (χ0) is 33.1. The number of aryl methyl sites for hydroxylation is 1. The number of rotatable bonds is 5. The fourth-order valence-electron chi connectivity index (χ4n) is 7.36. The van der Waals surface area contributed by atoms with Gasteiger partial charge in [-0.2, -0.15) is 0 Å². The maximum absolute atomic E-state index is 14.8. The lowest BCUT2D eigenvalue weighted by molar-refractivity contribution is 0.0926. The Morgan fingerprint density at radius 1 is 0.408 bits per heavy atom. The van der Waals surface area contributed by atoms with E-state index in [0.29, 0.717) is 22.5 Å². The van der Waals surface area contributed by atoms with Gasteiger partial charge in [-0.15, -0.1) is 0 Å². The summed E-state index contributed by atoms with van der Waals surface area (Å²) >= 11 is 0. The minimum Gasteiger partial charge on any atom is -0.308 e. The SMILES string of the molecule is Cc1ccccc1-c1ccc2c3ccccc3n(-c3cccc4c3C(=O)N(c3ccc(-c5ccccc5)cc3-c3ccccc3)C4=O)c2c1. The topological polar surface area (TPSA) is 42.3 Å². The van der Waals surface area contributed by atoms with E-state index in [-0.39, 0.29) is 11.8 Å². The number of para-hydroxylation sites is 1. The number of aromatic nitrogens is 1. The van der Waals surface area contributed by atoms with E-state index < -0.39 is 0 Å². The maximum atomic E-state index is 14.8. The smallest absolute Gasteiger partial charge is 0.268 e. The molecule has 0 saturated heterocycles. The molecule has 0 unspecified atom stereocenters. The van der Waals surface area contributed by atoms with Crippen molar-refractivity contribution >= 4 is 39.3 Å². The summed E-state index contributed by atoms with van der Waals surface area (Å²) in [5.41, 5.74) is 11.3. The predicted octanol–water partition coefficient (Wildman–Crippen LogP) is 10.9. The molecule has 0 bridgehead atoms. The summed E-state index contributed by atoms with van der Waals surface area (Å²) < 4.78 is 2.15. The highest BCUT2D eigenvalue weighted by molar-refractivity contribution is 6.36. The van der Waals surface area contributed by atoms with Crippen LogP contribution in [0.5, 0.6) is 0 Å². The van der Waals surface area contributed by atoms with Gasteiger partial charge in [0.1, 0.15) is 0 Å². The van der Waals surface area contributed by atoms with Crippen molar-refractivity contribution in [2.24, 2.45) is 0 Å². The Labute approximate surface area is 284 Å². The van der Waals surface area contributed by atoms with Gasteiger partial charge in [-0.25, -0.2) is 4.90 Å². The molecule has 2 heterocycles. The number of fused-ring (bicyclic) bond motifs is 4. The third-order valence-electron chi connectivity index (χ3n) is 9.69. The van der Waals surface area contributed by atoms with Crippen LogP contribution >= 0.6 is 0 Å². The summed E-state index contributed by atoms with van der Waals surface area (Å²) in [5.74, 6) is -0.658. The Morgan fingerprint density at radius 3 is 1.86 bits per heavy atom. The third kappa shape index (κ3) is 4.53. The third-order valence-corrected chi connectivity index (χ3v) is 9.69. The highest BCUT2D eigenvalue weighted by Crippen LogP contribution is 2.42. The monoisotopic (exact) mass is 630 g/mol. The lowest BCUT2D eigenvalue weighted by Gasteiger charge is -2.20. The summed E-state index contributed by atoms with van der Waals surface area (Å²) in [5, 5.41) is 2.17. The van der Waals surface area contributed by atoms with Gasteiger partial charge in [0, 0.05) is 16.3 Å². The number of hydrogen-bond donors (Lipinski definition) is 0. The summed E-state index contributed by atoms with van der Waals surface area (Å²) in [6.07, 6.45) is 0. The van der Waals surface area contributed by atoms with E-state index in [9.17, 15) is 9.59 Å². The molecule has 0 N–H and O–H groups in total. The van der Waals surface area contributed by atoms with Crippen LogP contribution in [0, 0.1) is 6.92 Å². The second kappa shape index (κ2) is 11.3. The van der Waals surface area contributed by atoms with E-state index in [2.05, 4.69) is 84.3 Å². The number of imide groups is 1. The second-order valence-electron chi connectivity index (χ2n) is 12.5. The molecule has 2 amide bonds. The van der Waals surface area contributed by atoms with Crippen LogP contribution in [0.15, 0.2) is 164 Å². The standard InChI is InChI=1S/C45H30N2O2/c1-29-13-8-9-18-34(29)33-23-25-36-35-19-10-11-21-39(35)46(42(36)28-33)41-22-12-20-37-43(41)45(49)47(44(37)48)40-26-24-32(30-14-4-2-5-15-30)27-38(40)31-16-6-3-7-17-31/h2-28H,1H3. The number of anilines is 1. The Morgan fingerprint density at radius 2 is 1.06 bits per heavy atom. The molecule has 1 aliphatic heterocycles. The van der Waals surface area contributed by atoms with Crippen molar-refractivity contribution in [1.29, 1.82) is 0 Å². The van der Waals surface area contributed by atoms with Crippen LogP contribution in [0.2, 0.25) is 0 Å². The molecule has 4 nitrogen and oxygen atoms in total. The number of hydrogen-bond acceptors (Lipinski definition) is 2. The van der Waals surface area contributed by atoms with Crippen LogP contribution in [-0.2, 0) is 0 Å². The van der Waals surface area contributed by atoms with Crippen LogP contribution in [0.3, 0.4) is 0 Å². The first-order chi connectivity index (χ1) is 24.1. The molecule has 0 saturated carbocycles. The molecule has 1 aromatic heterocycles. The van der Waals surface area contributed by atoms with E-state index in [1.54, 1.807) is 6.07 Å². The van der Waals surface area contributed by atoms with Crippen molar-refractivity contribution in [3.05, 3.63) is 180 Å². The fourth-order valence-corrected chi connectivity index (χ4v) is 7.36. The van der Waals surface area contributed by atoms with Crippen molar-refractivity contribution in [2.75, 3.05) is 4.90 Å². The Bertz CT molecular complexity index is 2600. The second-order valence-corrected chi connectivity index (χ2v) is 12.5. The number of nitrogens with zero attached hydrogens (tertiary/aromatic N) is 2. The molecule has 4 heteroatoms. The molecular formula is C45H30N2O2. The molecule has 0 spiro atoms. The molecule has 0 radical (unpaired) electrons. The van der Waals surface area contributed by atoms with Crippen molar-refractivity contribution in [2.45, 2.75) is 6.92 Å². The van der Waals surface area contributed by atoms with Crippen molar-refractivity contribution < 1.29 is 9.59 Å². The van der Waals surface area contributed by atoms with Crippen LogP contribution in [0.1, 0.15) is 26.3 Å². The minimum atomic E-state index is -0.332. The average Bonchev–Trinajstić information content (AvgIpc) is 3.62. The van der Waals surface area contributed by atoms with Crippen molar-refractivity contribution in [3.8, 4) is 39.1 Å². The van der Waals surface area contributed by atoms with E-state index in [0.717, 1.165) is 55.2 Å². The normalized spacial score (nSPS) is 12.6. The average molecular weight is 631 g/mol. The van der Waals surface area contributed by atoms with Gasteiger partial charge in [0.2, 0.25) is 0 Å². The van der Waals surface area contributed by atoms with Crippen molar-refractivity contribution in [3.63, 3.8) is 0 Å². The van der Waals surface area contributed by atoms with E-state index in [4.69, 9.17) is 0 Å². The summed E-state index contributed by atoms with van der Waals surface area (Å²) in [4.78, 5) is 30.5. The molecule has 0 aliphatic carbocycles. The van der Waals surface area contributed by atoms with Gasteiger partial charge in [0.25, 0.3) is 11.8 Å². The first-order valence-electron chi connectivity index (χ1n) is 16.4. The Balaban J connectivity index is 1.24. The number of benzene rings is 7. The number of carbonyl (C=O) groups is 2. The van der Waals surface area contributed by atoms with Crippen LogP contribution in [-0.4, -0.2) is 16.4 Å². The van der Waals surface area contributed by atoms with Gasteiger partial charge in [-0.3, -0.25) is 9.59 Å². The van der Waals surface area contributed by atoms with Gasteiger partial charge >= 0.3 is 0 Å². The highest BCUT2D eigenvalue weighted by Gasteiger charge is 2.40. The molecule has 7 aromatic carbocycles. The van der Waals surface area contributed by atoms with Gasteiger partial charge in [-0.05, 0) is 76.7 Å². The first-order valence-corrected chi connectivity index (χ1v) is 16.4. The molecular weight excluding hydrogens is 601 g/mol. The molecule has 0 atom stereocenters. The summed E-state index contributed by atoms with van der Waals surface area (Å²) in [6.45, 7) is 2.12. The molecule has 1 aliphatic rings. The van der Waals surface area contributed by atoms with Gasteiger partial charge in [0.15, 0.2) is 0 Å². The van der Waals surface area contributed by atoms with Gasteiger partial charge < -0.3 is 4.57 Å². The Hall–Kier alpha value is -6.52. The molecule has 232 valence electrons. The lowest BCUT2D eigenvalue weighted by atomic mass is 9.97. The molecule has 8 aromatic rings. The molecule has 0 fully saturated rings. The largest absolute Gasteiger partial charge is 0.308 e. The van der Waals surface area contributed by atoms with E-state index in [1.165, 1.54) is 10.5 Å². The van der Waals surface area contributed by atoms with E-state index in [1.807, 2.05) is 84.9 Å². The zero-order valence-electron chi connectivity index (χ0n) is 26.8. The van der Waals surface area contributed by atoms with Crippen LogP contribution in [0.4, 0.5) is 5.69 Å². The zero-order valence-corrected chi connectivity index (χ0v) is 26.8. The summed E-state index contributed by atoms with van der Waals surface area (Å²) in [7, 11) is 0. The highest BCUT2D eigenvalue weighted by atomic mass is 16.2. The molecule has 49 heavy (non-hydrogen) atoms. The van der Waals surface area contributed by atoms with Crippen molar-refractivity contribution in [1.82, 2.24) is 4.57 Å². The van der Waals surface area contributed by atoms with Gasteiger partial charge in [0.05, 0.1) is 33.5 Å². The quantitative estimate of drug-likeness (QED) is 0.178. The first kappa shape index (κ1) is 28.7. The maximum Gasteiger partial charge on any atom is 0.268 e. The minimum absolute atomic E-state index is 0.326. The van der Waals surface area contributed by atoms with Crippen LogP contribution in [0.25, 0.3) is 60.9 Å². The number of carbonyl (C=O) groups excluding carboxylic acids is 2. The predicted molar refractivity (Wildman–Crippen MR) is 199 cm³/mol. The molecule has 9 rings (SSSR count). The van der Waals surface area contributed by atoms with Gasteiger partial charge in [-0.1, -0.05) is 127 Å². The summed E-state index contributed by atoms with van der Waals surface area (Å²) in [6, 6.07) is 54.8.